The Morgan fingerprint density at radius 1 is 1.12 bits per heavy atom. The predicted octanol–water partition coefficient (Wildman–Crippen LogP) is 2.71. The Balaban J connectivity index is 2.28. The van der Waals surface area contributed by atoms with Crippen LogP contribution in [0.3, 0.4) is 0 Å². The first-order valence-corrected chi connectivity index (χ1v) is 10.4. The van der Waals surface area contributed by atoms with Crippen molar-refractivity contribution in [3.63, 3.8) is 0 Å². The van der Waals surface area contributed by atoms with Crippen molar-refractivity contribution in [1.29, 1.82) is 0 Å². The largest absolute Gasteiger partial charge is 0.497 e. The number of carbonyl (C=O) groups is 1. The van der Waals surface area contributed by atoms with E-state index in [1.807, 2.05) is 12.1 Å². The van der Waals surface area contributed by atoms with Crippen molar-refractivity contribution in [2.45, 2.75) is 0 Å². The molecule has 0 radical (unpaired) electrons. The Labute approximate surface area is 166 Å². The number of hydrogen-bond donors (Lipinski definition) is 1. The topological polar surface area (TPSA) is 84.9 Å². The van der Waals surface area contributed by atoms with E-state index in [4.69, 9.17) is 9.47 Å². The van der Waals surface area contributed by atoms with Gasteiger partial charge in [-0.3, -0.25) is 9.10 Å². The lowest BCUT2D eigenvalue weighted by Crippen LogP contribution is -2.37. The molecule has 0 aliphatic rings. The first-order valence-electron chi connectivity index (χ1n) is 7.49. The summed E-state index contributed by atoms with van der Waals surface area (Å²) < 4.78 is 36.9. The fraction of sp³-hybridized carbons (Fsp3) is 0.235. The smallest absolute Gasteiger partial charge is 0.245 e. The third-order valence-electron chi connectivity index (χ3n) is 3.47. The monoisotopic (exact) mass is 490 g/mol. The van der Waals surface area contributed by atoms with Crippen LogP contribution in [-0.4, -0.2) is 41.3 Å². The molecule has 2 aromatic rings. The molecule has 9 heteroatoms. The van der Waals surface area contributed by atoms with Crippen molar-refractivity contribution in [3.05, 3.63) is 46.0 Å². The number of rotatable bonds is 7. The number of ether oxygens (including phenoxy) is 2. The molecule has 0 fully saturated rings. The Bertz CT molecular complexity index is 885. The number of halogens is 1. The average Bonchev–Trinajstić information content (AvgIpc) is 2.60. The minimum atomic E-state index is -3.71. The molecule has 0 unspecified atom stereocenters. The highest BCUT2D eigenvalue weighted by molar-refractivity contribution is 14.1. The Kier molecular flexibility index (Phi) is 6.70. The lowest BCUT2D eigenvalue weighted by molar-refractivity contribution is -0.114. The molecule has 140 valence electrons. The summed E-state index contributed by atoms with van der Waals surface area (Å²) in [5, 5.41) is 2.69. The van der Waals surface area contributed by atoms with Gasteiger partial charge in [-0.1, -0.05) is 0 Å². The molecule has 26 heavy (non-hydrogen) atoms. The van der Waals surface area contributed by atoms with E-state index in [-0.39, 0.29) is 18.0 Å². The van der Waals surface area contributed by atoms with Crippen molar-refractivity contribution in [1.82, 2.24) is 0 Å². The maximum absolute atomic E-state index is 12.4. The van der Waals surface area contributed by atoms with Crippen LogP contribution in [-0.2, 0) is 14.8 Å². The quantitative estimate of drug-likeness (QED) is 0.604. The number of amides is 1. The van der Waals surface area contributed by atoms with Crippen LogP contribution < -0.4 is 19.1 Å². The molecule has 0 saturated carbocycles. The van der Waals surface area contributed by atoms with E-state index in [2.05, 4.69) is 27.9 Å². The standard InChI is InChI=1S/C17H19IN2O5S/c1-24-14-8-9-15(16(10-14)25-2)20(26(3,22)23)11-17(21)19-13-6-4-12(18)5-7-13/h4-10H,11H2,1-3H3,(H,19,21). The van der Waals surface area contributed by atoms with Crippen molar-refractivity contribution in [2.24, 2.45) is 0 Å². The van der Waals surface area contributed by atoms with Gasteiger partial charge in [-0.15, -0.1) is 0 Å². The van der Waals surface area contributed by atoms with Gasteiger partial charge in [-0.25, -0.2) is 8.42 Å². The zero-order chi connectivity index (χ0) is 19.3. The van der Waals surface area contributed by atoms with E-state index in [1.54, 1.807) is 24.3 Å². The summed E-state index contributed by atoms with van der Waals surface area (Å²) in [7, 11) is -0.795. The number of benzene rings is 2. The molecule has 0 atom stereocenters. The third kappa shape index (κ3) is 5.24. The van der Waals surface area contributed by atoms with Crippen molar-refractivity contribution >= 4 is 49.9 Å². The molecule has 1 amide bonds. The number of nitrogens with one attached hydrogen (secondary N) is 1. The number of anilines is 2. The maximum atomic E-state index is 12.4. The lowest BCUT2D eigenvalue weighted by Gasteiger charge is -2.24. The summed E-state index contributed by atoms with van der Waals surface area (Å²) in [6.45, 7) is -0.381. The first-order chi connectivity index (χ1) is 12.2. The first kappa shape index (κ1) is 20.3. The number of sulfonamides is 1. The molecule has 1 N–H and O–H groups in total. The molecule has 7 nitrogen and oxygen atoms in total. The Morgan fingerprint density at radius 3 is 2.31 bits per heavy atom. The maximum Gasteiger partial charge on any atom is 0.245 e. The number of methoxy groups -OCH3 is 2. The van der Waals surface area contributed by atoms with E-state index in [1.165, 1.54) is 20.3 Å². The van der Waals surface area contributed by atoms with Gasteiger partial charge in [0.25, 0.3) is 0 Å². The second kappa shape index (κ2) is 8.58. The molecular weight excluding hydrogens is 471 g/mol. The van der Waals surface area contributed by atoms with Gasteiger partial charge in [-0.05, 0) is 59.0 Å². The molecule has 0 aliphatic heterocycles. The van der Waals surface area contributed by atoms with E-state index in [0.717, 1.165) is 14.1 Å². The minimum absolute atomic E-state index is 0.258. The fourth-order valence-corrected chi connectivity index (χ4v) is 3.46. The Hall–Kier alpha value is -2.01. The van der Waals surface area contributed by atoms with E-state index in [9.17, 15) is 13.2 Å². The highest BCUT2D eigenvalue weighted by atomic mass is 127. The molecule has 0 bridgehead atoms. The van der Waals surface area contributed by atoms with Crippen molar-refractivity contribution in [3.8, 4) is 11.5 Å². The van der Waals surface area contributed by atoms with Gasteiger partial charge in [0.15, 0.2) is 0 Å². The van der Waals surface area contributed by atoms with Gasteiger partial charge in [0.1, 0.15) is 18.0 Å². The van der Waals surface area contributed by atoms with E-state index >= 15 is 0 Å². The van der Waals surface area contributed by atoms with Crippen LogP contribution in [0.5, 0.6) is 11.5 Å². The normalized spacial score (nSPS) is 10.9. The SMILES string of the molecule is COc1ccc(N(CC(=O)Nc2ccc(I)cc2)S(C)(=O)=O)c(OC)c1. The van der Waals surface area contributed by atoms with Crippen LogP contribution >= 0.6 is 22.6 Å². The second-order valence-electron chi connectivity index (χ2n) is 5.36. The number of hydrogen-bond acceptors (Lipinski definition) is 5. The minimum Gasteiger partial charge on any atom is -0.497 e. The number of nitrogens with zero attached hydrogens (tertiary/aromatic N) is 1. The molecule has 0 aromatic heterocycles. The van der Waals surface area contributed by atoms with Gasteiger partial charge in [0.2, 0.25) is 15.9 Å². The highest BCUT2D eigenvalue weighted by Crippen LogP contribution is 2.33. The van der Waals surface area contributed by atoms with Crippen LogP contribution in [0.25, 0.3) is 0 Å². The summed E-state index contributed by atoms with van der Waals surface area (Å²) in [6, 6.07) is 11.9. The summed E-state index contributed by atoms with van der Waals surface area (Å²) in [4.78, 5) is 12.4. The average molecular weight is 490 g/mol. The second-order valence-corrected chi connectivity index (χ2v) is 8.51. The zero-order valence-electron chi connectivity index (χ0n) is 14.5. The van der Waals surface area contributed by atoms with Crippen LogP contribution in [0, 0.1) is 3.57 Å². The summed E-state index contributed by atoms with van der Waals surface area (Å²) in [5.74, 6) is 0.341. The number of carbonyl (C=O) groups excluding carboxylic acids is 1. The molecule has 2 aromatic carbocycles. The molecular formula is C17H19IN2O5S. The van der Waals surface area contributed by atoms with Gasteiger partial charge < -0.3 is 14.8 Å². The molecule has 0 saturated heterocycles. The van der Waals surface area contributed by atoms with E-state index < -0.39 is 15.9 Å². The summed E-state index contributed by atoms with van der Waals surface area (Å²) in [6.07, 6.45) is 1.04. The lowest BCUT2D eigenvalue weighted by atomic mass is 10.2. The van der Waals surface area contributed by atoms with Crippen molar-refractivity contribution < 1.29 is 22.7 Å². The van der Waals surface area contributed by atoms with Crippen LogP contribution in [0.2, 0.25) is 0 Å². The predicted molar refractivity (Wildman–Crippen MR) is 110 cm³/mol. The van der Waals surface area contributed by atoms with Crippen LogP contribution in [0.4, 0.5) is 11.4 Å². The molecule has 0 spiro atoms. The van der Waals surface area contributed by atoms with Crippen LogP contribution in [0.1, 0.15) is 0 Å². The van der Waals surface area contributed by atoms with Crippen LogP contribution in [0.15, 0.2) is 42.5 Å². The zero-order valence-corrected chi connectivity index (χ0v) is 17.5. The highest BCUT2D eigenvalue weighted by Gasteiger charge is 2.24. The van der Waals surface area contributed by atoms with E-state index in [0.29, 0.717) is 11.4 Å². The van der Waals surface area contributed by atoms with Gasteiger partial charge >= 0.3 is 0 Å². The van der Waals surface area contributed by atoms with Gasteiger partial charge in [-0.2, -0.15) is 0 Å². The molecule has 2 rings (SSSR count). The third-order valence-corrected chi connectivity index (χ3v) is 5.32. The summed E-state index contributed by atoms with van der Waals surface area (Å²) in [5.41, 5.74) is 0.846. The Morgan fingerprint density at radius 2 is 1.77 bits per heavy atom. The fourth-order valence-electron chi connectivity index (χ4n) is 2.24. The summed E-state index contributed by atoms with van der Waals surface area (Å²) >= 11 is 2.16. The van der Waals surface area contributed by atoms with Gasteiger partial charge in [0.05, 0.1) is 26.2 Å². The van der Waals surface area contributed by atoms with Gasteiger partial charge in [0, 0.05) is 15.3 Å². The molecule has 0 aliphatic carbocycles. The molecule has 0 heterocycles. The van der Waals surface area contributed by atoms with Crippen molar-refractivity contribution in [2.75, 3.05) is 36.6 Å².